The number of para-hydroxylation sites is 1. The van der Waals surface area contributed by atoms with Crippen molar-refractivity contribution in [2.45, 2.75) is 5.92 Å². The van der Waals surface area contributed by atoms with Crippen molar-refractivity contribution >= 4 is 0 Å². The van der Waals surface area contributed by atoms with E-state index in [0.717, 1.165) is 19.0 Å². The van der Waals surface area contributed by atoms with Crippen LogP contribution in [0.2, 0.25) is 0 Å². The second-order valence-corrected chi connectivity index (χ2v) is 3.94. The minimum absolute atomic E-state index is 0.219. The quantitative estimate of drug-likeness (QED) is 0.802. The molecule has 1 saturated heterocycles. The molecule has 0 atom stereocenters. The molecule has 0 amide bonds. The summed E-state index contributed by atoms with van der Waals surface area (Å²) < 4.78 is 5.64. The summed E-state index contributed by atoms with van der Waals surface area (Å²) in [4.78, 5) is 4.24. The van der Waals surface area contributed by atoms with Crippen LogP contribution in [0.1, 0.15) is 11.8 Å². The smallest absolute Gasteiger partial charge is 0.200 e. The summed E-state index contributed by atoms with van der Waals surface area (Å²) in [6.07, 6.45) is 1.67. The Bertz CT molecular complexity index is 503. The number of nitrogens with one attached hydrogen (secondary N) is 1. The molecule has 4 heteroatoms. The van der Waals surface area contributed by atoms with Crippen molar-refractivity contribution in [2.75, 3.05) is 13.1 Å². The Kier molecular flexibility index (Phi) is 2.15. The van der Waals surface area contributed by atoms with Crippen molar-refractivity contribution in [1.29, 1.82) is 0 Å². The molecule has 0 saturated carbocycles. The number of benzene rings is 1. The molecule has 1 aromatic carbocycles. The number of aromatic hydroxyl groups is 1. The van der Waals surface area contributed by atoms with E-state index in [0.29, 0.717) is 17.2 Å². The van der Waals surface area contributed by atoms with Crippen LogP contribution in [0.5, 0.6) is 5.75 Å². The average Bonchev–Trinajstić information content (AvgIpc) is 2.65. The van der Waals surface area contributed by atoms with E-state index in [1.54, 1.807) is 18.3 Å². The first kappa shape index (κ1) is 9.42. The van der Waals surface area contributed by atoms with E-state index in [4.69, 9.17) is 4.42 Å². The zero-order valence-electron chi connectivity index (χ0n) is 8.68. The van der Waals surface area contributed by atoms with E-state index in [9.17, 15) is 5.11 Å². The Morgan fingerprint density at radius 1 is 1.31 bits per heavy atom. The van der Waals surface area contributed by atoms with Gasteiger partial charge in [-0.05, 0) is 12.1 Å². The van der Waals surface area contributed by atoms with Crippen LogP contribution in [-0.4, -0.2) is 23.2 Å². The van der Waals surface area contributed by atoms with Crippen LogP contribution in [0, 0.1) is 0 Å². The lowest BCUT2D eigenvalue weighted by Gasteiger charge is -2.23. The number of hydrogen-bond acceptors (Lipinski definition) is 4. The molecule has 2 aromatic rings. The van der Waals surface area contributed by atoms with E-state index < -0.39 is 0 Å². The third-order valence-corrected chi connectivity index (χ3v) is 2.82. The summed E-state index contributed by atoms with van der Waals surface area (Å²) in [6.45, 7) is 1.83. The molecule has 16 heavy (non-hydrogen) atoms. The molecule has 0 unspecified atom stereocenters. The van der Waals surface area contributed by atoms with E-state index in [2.05, 4.69) is 10.3 Å². The van der Waals surface area contributed by atoms with Gasteiger partial charge in [0.05, 0.1) is 17.7 Å². The highest BCUT2D eigenvalue weighted by molar-refractivity contribution is 5.64. The van der Waals surface area contributed by atoms with Gasteiger partial charge in [-0.15, -0.1) is 0 Å². The first-order valence-corrected chi connectivity index (χ1v) is 5.29. The van der Waals surface area contributed by atoms with Gasteiger partial charge in [-0.3, -0.25) is 0 Å². The highest BCUT2D eigenvalue weighted by Gasteiger charge is 2.24. The highest BCUT2D eigenvalue weighted by Crippen LogP contribution is 2.31. The molecule has 4 nitrogen and oxygen atoms in total. The van der Waals surface area contributed by atoms with Gasteiger partial charge < -0.3 is 14.8 Å². The Hall–Kier alpha value is -1.81. The molecule has 0 spiro atoms. The second kappa shape index (κ2) is 3.64. The largest absolute Gasteiger partial charge is 0.507 e. The lowest BCUT2D eigenvalue weighted by atomic mass is 10.0. The molecule has 2 heterocycles. The Morgan fingerprint density at radius 3 is 2.81 bits per heavy atom. The molecule has 1 fully saturated rings. The molecule has 0 radical (unpaired) electrons. The minimum Gasteiger partial charge on any atom is -0.507 e. The molecule has 0 bridgehead atoms. The molecule has 3 rings (SSSR count). The van der Waals surface area contributed by atoms with Gasteiger partial charge in [0, 0.05) is 13.1 Å². The third-order valence-electron chi connectivity index (χ3n) is 2.82. The van der Waals surface area contributed by atoms with Gasteiger partial charge in [0.1, 0.15) is 5.75 Å². The van der Waals surface area contributed by atoms with Crippen molar-refractivity contribution in [3.8, 4) is 17.1 Å². The molecule has 0 aliphatic carbocycles. The fourth-order valence-corrected chi connectivity index (χ4v) is 1.75. The number of phenols is 1. The summed E-state index contributed by atoms with van der Waals surface area (Å²) in [5.41, 5.74) is 0.688. The van der Waals surface area contributed by atoms with Gasteiger partial charge in [0.2, 0.25) is 5.89 Å². The molecule has 82 valence electrons. The van der Waals surface area contributed by atoms with E-state index in [-0.39, 0.29) is 5.75 Å². The first-order valence-electron chi connectivity index (χ1n) is 5.29. The molecule has 2 N–H and O–H groups in total. The standard InChI is InChI=1S/C12H12N2O2/c15-10-4-2-1-3-9(10)11-7-14-12(16-11)8-5-13-6-8/h1-4,7-8,13,15H,5-6H2. The lowest BCUT2D eigenvalue weighted by molar-refractivity contribution is 0.360. The summed E-state index contributed by atoms with van der Waals surface area (Å²) in [5.74, 6) is 1.97. The molecule has 1 aliphatic rings. The number of oxazole rings is 1. The lowest BCUT2D eigenvalue weighted by Crippen LogP contribution is -2.40. The third kappa shape index (κ3) is 1.47. The van der Waals surface area contributed by atoms with Crippen molar-refractivity contribution in [1.82, 2.24) is 10.3 Å². The number of rotatable bonds is 2. The van der Waals surface area contributed by atoms with Crippen molar-refractivity contribution < 1.29 is 9.52 Å². The van der Waals surface area contributed by atoms with E-state index >= 15 is 0 Å². The molecular formula is C12H12N2O2. The number of hydrogen-bond donors (Lipinski definition) is 2. The van der Waals surface area contributed by atoms with Gasteiger partial charge in [-0.1, -0.05) is 12.1 Å². The van der Waals surface area contributed by atoms with Crippen LogP contribution < -0.4 is 5.32 Å². The molecular weight excluding hydrogens is 204 g/mol. The van der Waals surface area contributed by atoms with Crippen LogP contribution in [0.15, 0.2) is 34.9 Å². The minimum atomic E-state index is 0.219. The maximum absolute atomic E-state index is 9.68. The summed E-state index contributed by atoms with van der Waals surface area (Å²) in [5, 5.41) is 12.9. The predicted molar refractivity (Wildman–Crippen MR) is 59.2 cm³/mol. The topological polar surface area (TPSA) is 58.3 Å². The van der Waals surface area contributed by atoms with Gasteiger partial charge in [-0.2, -0.15) is 0 Å². The Labute approximate surface area is 92.9 Å². The van der Waals surface area contributed by atoms with Gasteiger partial charge in [0.25, 0.3) is 0 Å². The van der Waals surface area contributed by atoms with Crippen molar-refractivity contribution in [2.24, 2.45) is 0 Å². The van der Waals surface area contributed by atoms with Crippen LogP contribution in [-0.2, 0) is 0 Å². The van der Waals surface area contributed by atoms with Crippen LogP contribution in [0.25, 0.3) is 11.3 Å². The normalized spacial score (nSPS) is 16.0. The van der Waals surface area contributed by atoms with Gasteiger partial charge in [0.15, 0.2) is 5.76 Å². The first-order chi connectivity index (χ1) is 7.84. The number of nitrogens with zero attached hydrogens (tertiary/aromatic N) is 1. The zero-order valence-corrected chi connectivity index (χ0v) is 8.68. The van der Waals surface area contributed by atoms with Crippen LogP contribution >= 0.6 is 0 Å². The van der Waals surface area contributed by atoms with Gasteiger partial charge in [-0.25, -0.2) is 4.98 Å². The monoisotopic (exact) mass is 216 g/mol. The maximum atomic E-state index is 9.68. The SMILES string of the molecule is Oc1ccccc1-c1cnc(C2CNC2)o1. The fraction of sp³-hybridized carbons (Fsp3) is 0.250. The van der Waals surface area contributed by atoms with Gasteiger partial charge >= 0.3 is 0 Å². The van der Waals surface area contributed by atoms with Crippen molar-refractivity contribution in [3.05, 3.63) is 36.4 Å². The summed E-state index contributed by atoms with van der Waals surface area (Å²) in [7, 11) is 0. The molecule has 1 aromatic heterocycles. The Balaban J connectivity index is 1.95. The second-order valence-electron chi connectivity index (χ2n) is 3.94. The predicted octanol–water partition coefficient (Wildman–Crippen LogP) is 1.73. The van der Waals surface area contributed by atoms with Crippen LogP contribution in [0.4, 0.5) is 0 Å². The fourth-order valence-electron chi connectivity index (χ4n) is 1.75. The van der Waals surface area contributed by atoms with E-state index in [1.165, 1.54) is 0 Å². The van der Waals surface area contributed by atoms with Crippen molar-refractivity contribution in [3.63, 3.8) is 0 Å². The highest BCUT2D eigenvalue weighted by atomic mass is 16.4. The maximum Gasteiger partial charge on any atom is 0.200 e. The summed E-state index contributed by atoms with van der Waals surface area (Å²) >= 11 is 0. The Morgan fingerprint density at radius 2 is 2.12 bits per heavy atom. The van der Waals surface area contributed by atoms with E-state index in [1.807, 2.05) is 12.1 Å². The number of aromatic nitrogens is 1. The van der Waals surface area contributed by atoms with Crippen LogP contribution in [0.3, 0.4) is 0 Å². The average molecular weight is 216 g/mol. The number of phenolic OH excluding ortho intramolecular Hbond substituents is 1. The summed E-state index contributed by atoms with van der Waals surface area (Å²) in [6, 6.07) is 7.11. The molecule has 1 aliphatic heterocycles. The zero-order chi connectivity index (χ0) is 11.0.